The Morgan fingerprint density at radius 3 is 2.57 bits per heavy atom. The zero-order valence-electron chi connectivity index (χ0n) is 12.6. The maximum atomic E-state index is 13.8. The fourth-order valence-corrected chi connectivity index (χ4v) is 3.29. The molecule has 0 spiro atoms. The molecule has 2 unspecified atom stereocenters. The summed E-state index contributed by atoms with van der Waals surface area (Å²) in [5.41, 5.74) is 0.615. The monoisotopic (exact) mass is 289 g/mol. The molecule has 0 N–H and O–H groups in total. The van der Waals surface area contributed by atoms with Crippen molar-refractivity contribution in [2.45, 2.75) is 20.3 Å². The van der Waals surface area contributed by atoms with Crippen molar-refractivity contribution in [1.82, 2.24) is 9.97 Å². The molecule has 2 heterocycles. The number of hydrogen-bond acceptors (Lipinski definition) is 4. The Morgan fingerprint density at radius 2 is 1.90 bits per heavy atom. The van der Waals surface area contributed by atoms with Crippen molar-refractivity contribution in [3.05, 3.63) is 24.3 Å². The van der Waals surface area contributed by atoms with Crippen LogP contribution < -0.4 is 9.64 Å². The van der Waals surface area contributed by atoms with Crippen molar-refractivity contribution in [3.8, 4) is 5.75 Å². The summed E-state index contributed by atoms with van der Waals surface area (Å²) >= 11 is 0. The first-order valence-electron chi connectivity index (χ1n) is 7.31. The third kappa shape index (κ3) is 2.64. The average Bonchev–Trinajstić information content (AvgIpc) is 2.44. The second-order valence-electron chi connectivity index (χ2n) is 6.05. The summed E-state index contributed by atoms with van der Waals surface area (Å²) in [4.78, 5) is 10.9. The van der Waals surface area contributed by atoms with E-state index < -0.39 is 5.82 Å². The van der Waals surface area contributed by atoms with Crippen LogP contribution >= 0.6 is 0 Å². The van der Waals surface area contributed by atoms with Crippen molar-refractivity contribution >= 4 is 16.7 Å². The van der Waals surface area contributed by atoms with Gasteiger partial charge in [-0.25, -0.2) is 14.4 Å². The quantitative estimate of drug-likeness (QED) is 0.850. The third-order valence-corrected chi connectivity index (χ3v) is 4.06. The summed E-state index contributed by atoms with van der Waals surface area (Å²) in [6.45, 7) is 6.45. The van der Waals surface area contributed by atoms with E-state index in [1.165, 1.54) is 25.9 Å². The van der Waals surface area contributed by atoms with Gasteiger partial charge in [-0.1, -0.05) is 13.8 Å². The van der Waals surface area contributed by atoms with E-state index in [-0.39, 0.29) is 5.75 Å². The van der Waals surface area contributed by atoms with Crippen LogP contribution in [0, 0.1) is 17.7 Å². The minimum atomic E-state index is -0.393. The number of fused-ring (bicyclic) bond motifs is 1. The van der Waals surface area contributed by atoms with E-state index in [1.54, 1.807) is 6.07 Å². The van der Waals surface area contributed by atoms with Crippen LogP contribution in [0.25, 0.3) is 10.9 Å². The number of nitrogens with zero attached hydrogens (tertiary/aromatic N) is 3. The number of piperidine rings is 1. The molecule has 2 aromatic rings. The Balaban J connectivity index is 2.09. The average molecular weight is 289 g/mol. The normalized spacial score (nSPS) is 22.6. The van der Waals surface area contributed by atoms with Gasteiger partial charge in [0, 0.05) is 24.5 Å². The number of aromatic nitrogens is 2. The molecule has 0 radical (unpaired) electrons. The number of benzene rings is 1. The van der Waals surface area contributed by atoms with Crippen LogP contribution in [-0.4, -0.2) is 30.2 Å². The first-order valence-corrected chi connectivity index (χ1v) is 7.31. The molecule has 1 aromatic heterocycles. The maximum Gasteiger partial charge on any atom is 0.167 e. The second-order valence-corrected chi connectivity index (χ2v) is 6.05. The molecule has 2 atom stereocenters. The molecular weight excluding hydrogens is 269 g/mol. The molecule has 0 saturated carbocycles. The maximum absolute atomic E-state index is 13.8. The number of halogens is 1. The van der Waals surface area contributed by atoms with Gasteiger partial charge in [-0.15, -0.1) is 0 Å². The van der Waals surface area contributed by atoms with Gasteiger partial charge in [-0.3, -0.25) is 0 Å². The lowest BCUT2D eigenvalue weighted by Crippen LogP contribution is -2.39. The predicted molar refractivity (Wildman–Crippen MR) is 81.2 cm³/mol. The lowest BCUT2D eigenvalue weighted by molar-refractivity contribution is 0.355. The number of ether oxygens (including phenoxy) is 1. The van der Waals surface area contributed by atoms with Crippen LogP contribution in [0.3, 0.4) is 0 Å². The Bertz CT molecular complexity index is 651. The summed E-state index contributed by atoms with van der Waals surface area (Å²) in [7, 11) is 1.47. The highest BCUT2D eigenvalue weighted by atomic mass is 19.1. The topological polar surface area (TPSA) is 38.2 Å². The zero-order chi connectivity index (χ0) is 15.0. The Morgan fingerprint density at radius 1 is 1.19 bits per heavy atom. The third-order valence-electron chi connectivity index (χ3n) is 4.06. The molecular formula is C16H20FN3O. The molecule has 1 aliphatic rings. The van der Waals surface area contributed by atoms with Crippen LogP contribution in [0.2, 0.25) is 0 Å². The fourth-order valence-electron chi connectivity index (χ4n) is 3.29. The van der Waals surface area contributed by atoms with Gasteiger partial charge in [0.2, 0.25) is 0 Å². The van der Waals surface area contributed by atoms with Gasteiger partial charge in [-0.05, 0) is 24.3 Å². The van der Waals surface area contributed by atoms with Gasteiger partial charge in [0.25, 0.3) is 0 Å². The Labute approximate surface area is 124 Å². The summed E-state index contributed by atoms with van der Waals surface area (Å²) in [6.07, 6.45) is 2.74. The predicted octanol–water partition coefficient (Wildman–Crippen LogP) is 3.26. The SMILES string of the molecule is COc1cc2c(N3CC(C)CC(C)C3)ncnc2cc1F. The van der Waals surface area contributed by atoms with Crippen molar-refractivity contribution in [2.24, 2.45) is 11.8 Å². The minimum absolute atomic E-state index is 0.233. The largest absolute Gasteiger partial charge is 0.494 e. The van der Waals surface area contributed by atoms with Gasteiger partial charge < -0.3 is 9.64 Å². The number of rotatable bonds is 2. The molecule has 1 aromatic carbocycles. The van der Waals surface area contributed by atoms with E-state index in [9.17, 15) is 4.39 Å². The van der Waals surface area contributed by atoms with E-state index in [2.05, 4.69) is 28.7 Å². The molecule has 4 nitrogen and oxygen atoms in total. The van der Waals surface area contributed by atoms with Crippen LogP contribution in [0.15, 0.2) is 18.5 Å². The second kappa shape index (κ2) is 5.47. The van der Waals surface area contributed by atoms with Gasteiger partial charge in [0.1, 0.15) is 12.1 Å². The Hall–Kier alpha value is -1.91. The first-order chi connectivity index (χ1) is 10.1. The number of methoxy groups -OCH3 is 1. The lowest BCUT2D eigenvalue weighted by Gasteiger charge is -2.36. The highest BCUT2D eigenvalue weighted by Crippen LogP contribution is 2.32. The molecule has 5 heteroatoms. The van der Waals surface area contributed by atoms with Gasteiger partial charge in [-0.2, -0.15) is 0 Å². The number of hydrogen-bond donors (Lipinski definition) is 0. The summed E-state index contributed by atoms with van der Waals surface area (Å²) in [5.74, 6) is 1.96. The van der Waals surface area contributed by atoms with Gasteiger partial charge in [0.05, 0.1) is 12.6 Å². The zero-order valence-corrected chi connectivity index (χ0v) is 12.6. The summed E-state index contributed by atoms with van der Waals surface area (Å²) in [6, 6.07) is 3.11. The molecule has 3 rings (SSSR count). The van der Waals surface area contributed by atoms with Crippen LogP contribution in [0.5, 0.6) is 5.75 Å². The van der Waals surface area contributed by atoms with Gasteiger partial charge >= 0.3 is 0 Å². The molecule has 112 valence electrons. The van der Waals surface area contributed by atoms with Crippen molar-refractivity contribution in [2.75, 3.05) is 25.1 Å². The summed E-state index contributed by atoms with van der Waals surface area (Å²) in [5, 5.41) is 0.844. The molecule has 1 aliphatic heterocycles. The van der Waals surface area contributed by atoms with E-state index in [1.807, 2.05) is 0 Å². The molecule has 1 fully saturated rings. The Kier molecular flexibility index (Phi) is 3.66. The van der Waals surface area contributed by atoms with Crippen molar-refractivity contribution in [1.29, 1.82) is 0 Å². The van der Waals surface area contributed by atoms with Crippen LogP contribution in [-0.2, 0) is 0 Å². The highest BCUT2D eigenvalue weighted by Gasteiger charge is 2.24. The van der Waals surface area contributed by atoms with Crippen LogP contribution in [0.1, 0.15) is 20.3 Å². The molecule has 21 heavy (non-hydrogen) atoms. The van der Waals surface area contributed by atoms with E-state index in [0.29, 0.717) is 17.4 Å². The fraction of sp³-hybridized carbons (Fsp3) is 0.500. The standard InChI is InChI=1S/C16H20FN3O/c1-10-4-11(2)8-20(7-10)16-12-5-15(21-3)13(17)6-14(12)18-9-19-16/h5-6,9-11H,4,7-8H2,1-3H3. The van der Waals surface area contributed by atoms with Gasteiger partial charge in [0.15, 0.2) is 11.6 Å². The molecule has 0 amide bonds. The smallest absolute Gasteiger partial charge is 0.167 e. The van der Waals surface area contributed by atoms with Crippen molar-refractivity contribution in [3.63, 3.8) is 0 Å². The van der Waals surface area contributed by atoms with Crippen molar-refractivity contribution < 1.29 is 9.13 Å². The number of anilines is 1. The molecule has 1 saturated heterocycles. The van der Waals surface area contributed by atoms with E-state index in [4.69, 9.17) is 4.74 Å². The van der Waals surface area contributed by atoms with E-state index in [0.717, 1.165) is 24.3 Å². The lowest BCUT2D eigenvalue weighted by atomic mass is 9.92. The first kappa shape index (κ1) is 14.0. The highest BCUT2D eigenvalue weighted by molar-refractivity contribution is 5.90. The summed E-state index contributed by atoms with van der Waals surface area (Å²) < 4.78 is 18.9. The van der Waals surface area contributed by atoms with E-state index >= 15 is 0 Å². The molecule has 0 bridgehead atoms. The van der Waals surface area contributed by atoms with Crippen LogP contribution in [0.4, 0.5) is 10.2 Å². The molecule has 0 aliphatic carbocycles. The minimum Gasteiger partial charge on any atom is -0.494 e.